The molecule has 0 spiro atoms. The maximum absolute atomic E-state index is 12.1. The predicted molar refractivity (Wildman–Crippen MR) is 59.0 cm³/mol. The first-order chi connectivity index (χ1) is 7.81. The molecule has 2 rings (SSSR count). The second-order valence-electron chi connectivity index (χ2n) is 4.46. The van der Waals surface area contributed by atoms with Crippen molar-refractivity contribution in [1.82, 2.24) is 10.2 Å². The van der Waals surface area contributed by atoms with Gasteiger partial charge in [-0.1, -0.05) is 6.42 Å². The number of nitrogens with one attached hydrogen (secondary N) is 1. The molecule has 0 bridgehead atoms. The van der Waals surface area contributed by atoms with Crippen molar-refractivity contribution < 1.29 is 14.6 Å². The summed E-state index contributed by atoms with van der Waals surface area (Å²) in [6.45, 7) is 2.62. The van der Waals surface area contributed by atoms with E-state index < -0.39 is 0 Å². The molecule has 0 aromatic heterocycles. The summed E-state index contributed by atoms with van der Waals surface area (Å²) in [7, 11) is 0. The first kappa shape index (κ1) is 11.8. The quantitative estimate of drug-likeness (QED) is 0.659. The Balaban J connectivity index is 1.87. The van der Waals surface area contributed by atoms with Gasteiger partial charge >= 0.3 is 0 Å². The van der Waals surface area contributed by atoms with Gasteiger partial charge in [-0.15, -0.1) is 0 Å². The average Bonchev–Trinajstić information content (AvgIpc) is 2.39. The lowest BCUT2D eigenvalue weighted by Crippen LogP contribution is -2.54. The Morgan fingerprint density at radius 3 is 3.06 bits per heavy atom. The third-order valence-electron chi connectivity index (χ3n) is 3.26. The number of piperidine rings is 1. The van der Waals surface area contributed by atoms with Gasteiger partial charge in [0.15, 0.2) is 0 Å². The van der Waals surface area contributed by atoms with Crippen LogP contribution in [0.1, 0.15) is 19.3 Å². The Labute approximate surface area is 95.8 Å². The molecular weight excluding hydrogens is 208 g/mol. The molecule has 2 aliphatic rings. The molecule has 1 amide bonds. The number of amides is 1. The summed E-state index contributed by atoms with van der Waals surface area (Å²) >= 11 is 0. The van der Waals surface area contributed by atoms with Gasteiger partial charge < -0.3 is 20.1 Å². The minimum atomic E-state index is -0.207. The van der Waals surface area contributed by atoms with Crippen molar-refractivity contribution in [2.24, 2.45) is 0 Å². The van der Waals surface area contributed by atoms with Crippen molar-refractivity contribution >= 4 is 5.91 Å². The van der Waals surface area contributed by atoms with E-state index in [4.69, 9.17) is 9.84 Å². The second kappa shape index (κ2) is 5.61. The van der Waals surface area contributed by atoms with Crippen molar-refractivity contribution in [1.29, 1.82) is 0 Å². The number of rotatable bonds is 2. The van der Waals surface area contributed by atoms with E-state index in [2.05, 4.69) is 5.32 Å². The Kier molecular flexibility index (Phi) is 4.15. The van der Waals surface area contributed by atoms with Gasteiger partial charge in [0, 0.05) is 13.1 Å². The molecule has 2 fully saturated rings. The Bertz CT molecular complexity index is 241. The Hall–Kier alpha value is -0.650. The zero-order valence-corrected chi connectivity index (χ0v) is 9.52. The maximum Gasteiger partial charge on any atom is 0.239 e. The largest absolute Gasteiger partial charge is 0.394 e. The lowest BCUT2D eigenvalue weighted by atomic mass is 10.0. The molecule has 2 N–H and O–H groups in total. The standard InChI is InChI=1S/C11H20N2O3/c14-8-9-7-13(5-6-16-9)11(15)10-3-1-2-4-12-10/h9-10,12,14H,1-8H2. The van der Waals surface area contributed by atoms with Gasteiger partial charge in [0.2, 0.25) is 5.91 Å². The first-order valence-electron chi connectivity index (χ1n) is 6.06. The van der Waals surface area contributed by atoms with Crippen molar-refractivity contribution in [2.75, 3.05) is 32.8 Å². The summed E-state index contributed by atoms with van der Waals surface area (Å²) in [4.78, 5) is 14.0. The van der Waals surface area contributed by atoms with Crippen LogP contribution in [0.3, 0.4) is 0 Å². The topological polar surface area (TPSA) is 61.8 Å². The molecule has 2 heterocycles. The van der Waals surface area contributed by atoms with Crippen LogP contribution in [0.2, 0.25) is 0 Å². The highest BCUT2D eigenvalue weighted by Crippen LogP contribution is 2.12. The predicted octanol–water partition coefficient (Wildman–Crippen LogP) is -0.652. The van der Waals surface area contributed by atoms with E-state index in [1.807, 2.05) is 4.90 Å². The van der Waals surface area contributed by atoms with Gasteiger partial charge in [0.25, 0.3) is 0 Å². The third-order valence-corrected chi connectivity index (χ3v) is 3.26. The highest BCUT2D eigenvalue weighted by molar-refractivity contribution is 5.82. The summed E-state index contributed by atoms with van der Waals surface area (Å²) in [6.07, 6.45) is 3.00. The minimum Gasteiger partial charge on any atom is -0.394 e. The summed E-state index contributed by atoms with van der Waals surface area (Å²) in [5, 5.41) is 12.3. The van der Waals surface area contributed by atoms with E-state index in [1.54, 1.807) is 0 Å². The Morgan fingerprint density at radius 1 is 1.50 bits per heavy atom. The molecule has 0 radical (unpaired) electrons. The molecule has 2 aliphatic heterocycles. The lowest BCUT2D eigenvalue weighted by molar-refractivity contribution is -0.143. The molecule has 0 aromatic carbocycles. The van der Waals surface area contributed by atoms with E-state index in [9.17, 15) is 4.79 Å². The molecule has 0 aliphatic carbocycles. The number of hydrogen-bond donors (Lipinski definition) is 2. The van der Waals surface area contributed by atoms with Crippen LogP contribution in [0, 0.1) is 0 Å². The molecule has 5 heteroatoms. The van der Waals surface area contributed by atoms with E-state index in [0.717, 1.165) is 25.8 Å². The molecule has 92 valence electrons. The van der Waals surface area contributed by atoms with Gasteiger partial charge in [0.1, 0.15) is 0 Å². The van der Waals surface area contributed by atoms with Gasteiger partial charge in [-0.3, -0.25) is 4.79 Å². The number of aliphatic hydroxyl groups excluding tert-OH is 1. The van der Waals surface area contributed by atoms with E-state index >= 15 is 0 Å². The van der Waals surface area contributed by atoms with Crippen LogP contribution >= 0.6 is 0 Å². The number of carbonyl (C=O) groups excluding carboxylic acids is 1. The Morgan fingerprint density at radius 2 is 2.38 bits per heavy atom. The van der Waals surface area contributed by atoms with Crippen LogP contribution < -0.4 is 5.32 Å². The average molecular weight is 228 g/mol. The van der Waals surface area contributed by atoms with Crippen LogP contribution in [0.5, 0.6) is 0 Å². The fourth-order valence-corrected chi connectivity index (χ4v) is 2.31. The van der Waals surface area contributed by atoms with E-state index in [1.165, 1.54) is 0 Å². The van der Waals surface area contributed by atoms with Crippen LogP contribution in [-0.4, -0.2) is 60.9 Å². The highest BCUT2D eigenvalue weighted by Gasteiger charge is 2.29. The molecular formula is C11H20N2O3. The van der Waals surface area contributed by atoms with Crippen molar-refractivity contribution in [2.45, 2.75) is 31.4 Å². The fraction of sp³-hybridized carbons (Fsp3) is 0.909. The number of morpholine rings is 1. The molecule has 2 atom stereocenters. The van der Waals surface area contributed by atoms with Gasteiger partial charge in [-0.25, -0.2) is 0 Å². The molecule has 2 saturated heterocycles. The first-order valence-corrected chi connectivity index (χ1v) is 6.06. The van der Waals surface area contributed by atoms with E-state index in [-0.39, 0.29) is 24.7 Å². The van der Waals surface area contributed by atoms with Crippen LogP contribution in [0.25, 0.3) is 0 Å². The summed E-state index contributed by atoms with van der Waals surface area (Å²) in [5.41, 5.74) is 0. The van der Waals surface area contributed by atoms with Gasteiger partial charge in [0.05, 0.1) is 25.4 Å². The zero-order chi connectivity index (χ0) is 11.4. The number of hydrogen-bond acceptors (Lipinski definition) is 4. The van der Waals surface area contributed by atoms with E-state index in [0.29, 0.717) is 19.7 Å². The highest BCUT2D eigenvalue weighted by atomic mass is 16.5. The summed E-state index contributed by atoms with van der Waals surface area (Å²) in [6, 6.07) is -0.0220. The third kappa shape index (κ3) is 2.72. The zero-order valence-electron chi connectivity index (χ0n) is 9.52. The minimum absolute atomic E-state index is 0.0120. The molecule has 0 aromatic rings. The van der Waals surface area contributed by atoms with Crippen molar-refractivity contribution in [3.05, 3.63) is 0 Å². The summed E-state index contributed by atoms with van der Waals surface area (Å²) in [5.74, 6) is 0.168. The van der Waals surface area contributed by atoms with Crippen LogP contribution in [-0.2, 0) is 9.53 Å². The van der Waals surface area contributed by atoms with Crippen LogP contribution in [0.15, 0.2) is 0 Å². The number of carbonyl (C=O) groups is 1. The normalized spacial score (nSPS) is 31.4. The summed E-state index contributed by atoms with van der Waals surface area (Å²) < 4.78 is 5.33. The molecule has 5 nitrogen and oxygen atoms in total. The van der Waals surface area contributed by atoms with Gasteiger partial charge in [-0.2, -0.15) is 0 Å². The number of aliphatic hydroxyl groups is 1. The van der Waals surface area contributed by atoms with Crippen molar-refractivity contribution in [3.63, 3.8) is 0 Å². The SMILES string of the molecule is O=C(C1CCCCN1)N1CCOC(CO)C1. The van der Waals surface area contributed by atoms with Gasteiger partial charge in [-0.05, 0) is 19.4 Å². The maximum atomic E-state index is 12.1. The lowest BCUT2D eigenvalue weighted by Gasteiger charge is -2.35. The molecule has 0 saturated carbocycles. The molecule has 2 unspecified atom stereocenters. The number of nitrogens with zero attached hydrogens (tertiary/aromatic N) is 1. The second-order valence-corrected chi connectivity index (χ2v) is 4.46. The van der Waals surface area contributed by atoms with Crippen molar-refractivity contribution in [3.8, 4) is 0 Å². The van der Waals surface area contributed by atoms with Crippen LogP contribution in [0.4, 0.5) is 0 Å². The molecule has 16 heavy (non-hydrogen) atoms. The fourth-order valence-electron chi connectivity index (χ4n) is 2.31. The number of ether oxygens (including phenoxy) is 1. The smallest absolute Gasteiger partial charge is 0.239 e. The monoisotopic (exact) mass is 228 g/mol.